The summed E-state index contributed by atoms with van der Waals surface area (Å²) >= 11 is 0. The molecule has 0 aliphatic rings. The summed E-state index contributed by atoms with van der Waals surface area (Å²) in [5.74, 6) is -0.387. The molecule has 1 aromatic rings. The first kappa shape index (κ1) is 13.1. The Balaban J connectivity index is 2.42. The molecule has 0 saturated heterocycles. The van der Waals surface area contributed by atoms with E-state index in [4.69, 9.17) is 0 Å². The van der Waals surface area contributed by atoms with Crippen molar-refractivity contribution < 1.29 is 8.78 Å². The Labute approximate surface area is 95.9 Å². The van der Waals surface area contributed by atoms with Crippen molar-refractivity contribution >= 4 is 0 Å². The molecule has 0 spiro atoms. The van der Waals surface area contributed by atoms with Crippen molar-refractivity contribution in [3.63, 3.8) is 0 Å². The molecular weight excluding hydrogens is 208 g/mol. The van der Waals surface area contributed by atoms with E-state index in [-0.39, 0.29) is 0 Å². The van der Waals surface area contributed by atoms with Crippen molar-refractivity contribution in [2.45, 2.75) is 26.2 Å². The van der Waals surface area contributed by atoms with Crippen molar-refractivity contribution in [3.8, 4) is 0 Å². The Morgan fingerprint density at radius 1 is 1.25 bits per heavy atom. The van der Waals surface area contributed by atoms with Crippen LogP contribution < -0.4 is 5.32 Å². The van der Waals surface area contributed by atoms with Gasteiger partial charge in [0, 0.05) is 6.07 Å². The SMILES string of the molecule is CNCCC(C)CCc1ccc(F)cc1F. The van der Waals surface area contributed by atoms with Crippen LogP contribution in [0.5, 0.6) is 0 Å². The van der Waals surface area contributed by atoms with Gasteiger partial charge in [0.1, 0.15) is 11.6 Å². The Bertz CT molecular complexity index is 326. The molecule has 1 unspecified atom stereocenters. The third kappa shape index (κ3) is 4.27. The molecule has 0 saturated carbocycles. The van der Waals surface area contributed by atoms with E-state index in [1.807, 2.05) is 7.05 Å². The Hall–Kier alpha value is -0.960. The summed E-state index contributed by atoms with van der Waals surface area (Å²) in [7, 11) is 1.92. The van der Waals surface area contributed by atoms with Crippen LogP contribution in [0.1, 0.15) is 25.3 Å². The normalized spacial score (nSPS) is 12.8. The van der Waals surface area contributed by atoms with Gasteiger partial charge < -0.3 is 5.32 Å². The van der Waals surface area contributed by atoms with Gasteiger partial charge in [0.05, 0.1) is 0 Å². The molecule has 1 rings (SSSR count). The van der Waals surface area contributed by atoms with E-state index in [0.29, 0.717) is 17.9 Å². The highest BCUT2D eigenvalue weighted by molar-refractivity contribution is 5.18. The van der Waals surface area contributed by atoms with E-state index in [1.165, 1.54) is 12.1 Å². The minimum absolute atomic E-state index is 0.430. The summed E-state index contributed by atoms with van der Waals surface area (Å²) in [6, 6.07) is 3.81. The third-order valence-electron chi connectivity index (χ3n) is 2.81. The van der Waals surface area contributed by atoms with Gasteiger partial charge in [-0.05, 0) is 50.4 Å². The topological polar surface area (TPSA) is 12.0 Å². The lowest BCUT2D eigenvalue weighted by Crippen LogP contribution is -2.12. The molecule has 90 valence electrons. The minimum atomic E-state index is -0.510. The molecule has 1 aromatic carbocycles. The standard InChI is InChI=1S/C13H19F2N/c1-10(7-8-16-2)3-4-11-5-6-12(14)9-13(11)15/h5-6,9-10,16H,3-4,7-8H2,1-2H3. The fourth-order valence-electron chi connectivity index (χ4n) is 1.66. The zero-order valence-electron chi connectivity index (χ0n) is 9.89. The van der Waals surface area contributed by atoms with Crippen LogP contribution in [0.15, 0.2) is 18.2 Å². The largest absolute Gasteiger partial charge is 0.320 e. The van der Waals surface area contributed by atoms with Crippen LogP contribution in [0.3, 0.4) is 0 Å². The van der Waals surface area contributed by atoms with Crippen molar-refractivity contribution in [3.05, 3.63) is 35.4 Å². The van der Waals surface area contributed by atoms with Crippen LogP contribution in [0.25, 0.3) is 0 Å². The zero-order chi connectivity index (χ0) is 12.0. The van der Waals surface area contributed by atoms with Crippen LogP contribution in [-0.4, -0.2) is 13.6 Å². The number of benzene rings is 1. The first-order valence-electron chi connectivity index (χ1n) is 5.72. The zero-order valence-corrected chi connectivity index (χ0v) is 9.89. The van der Waals surface area contributed by atoms with E-state index >= 15 is 0 Å². The maximum Gasteiger partial charge on any atom is 0.129 e. The van der Waals surface area contributed by atoms with Gasteiger partial charge in [0.25, 0.3) is 0 Å². The van der Waals surface area contributed by atoms with Crippen LogP contribution in [0, 0.1) is 17.6 Å². The van der Waals surface area contributed by atoms with Gasteiger partial charge in [-0.1, -0.05) is 13.0 Å². The minimum Gasteiger partial charge on any atom is -0.320 e. The molecular formula is C13H19F2N. The second-order valence-electron chi connectivity index (χ2n) is 4.27. The van der Waals surface area contributed by atoms with Gasteiger partial charge in [0.15, 0.2) is 0 Å². The molecule has 16 heavy (non-hydrogen) atoms. The monoisotopic (exact) mass is 227 g/mol. The summed E-state index contributed by atoms with van der Waals surface area (Å²) in [5.41, 5.74) is 0.609. The Morgan fingerprint density at radius 3 is 2.62 bits per heavy atom. The van der Waals surface area contributed by atoms with Crippen LogP contribution in [0.4, 0.5) is 8.78 Å². The van der Waals surface area contributed by atoms with Gasteiger partial charge in [-0.15, -0.1) is 0 Å². The second-order valence-corrected chi connectivity index (χ2v) is 4.27. The van der Waals surface area contributed by atoms with E-state index in [0.717, 1.165) is 25.5 Å². The van der Waals surface area contributed by atoms with Crippen LogP contribution in [0.2, 0.25) is 0 Å². The quantitative estimate of drug-likeness (QED) is 0.787. The molecule has 0 aliphatic carbocycles. The van der Waals surface area contributed by atoms with Gasteiger partial charge in [0.2, 0.25) is 0 Å². The molecule has 0 heterocycles. The molecule has 0 bridgehead atoms. The summed E-state index contributed by atoms with van der Waals surface area (Å²) in [6.07, 6.45) is 2.69. The average Bonchev–Trinajstić information content (AvgIpc) is 2.25. The third-order valence-corrected chi connectivity index (χ3v) is 2.81. The molecule has 0 aliphatic heterocycles. The predicted molar refractivity (Wildman–Crippen MR) is 62.4 cm³/mol. The maximum atomic E-state index is 13.3. The summed E-state index contributed by atoms with van der Waals surface area (Å²) in [6.45, 7) is 3.13. The molecule has 1 atom stereocenters. The number of aryl methyl sites for hydroxylation is 1. The fourth-order valence-corrected chi connectivity index (χ4v) is 1.66. The first-order chi connectivity index (χ1) is 7.63. The van der Waals surface area contributed by atoms with E-state index in [9.17, 15) is 8.78 Å². The lowest BCUT2D eigenvalue weighted by molar-refractivity contribution is 0.474. The lowest BCUT2D eigenvalue weighted by Gasteiger charge is -2.11. The first-order valence-corrected chi connectivity index (χ1v) is 5.72. The molecule has 3 heteroatoms. The van der Waals surface area contributed by atoms with Gasteiger partial charge in [-0.3, -0.25) is 0 Å². The number of halogens is 2. The molecule has 1 N–H and O–H groups in total. The number of rotatable bonds is 6. The van der Waals surface area contributed by atoms with Crippen molar-refractivity contribution in [2.75, 3.05) is 13.6 Å². The van der Waals surface area contributed by atoms with Gasteiger partial charge >= 0.3 is 0 Å². The smallest absolute Gasteiger partial charge is 0.129 e. The highest BCUT2D eigenvalue weighted by Crippen LogP contribution is 2.15. The van der Waals surface area contributed by atoms with Gasteiger partial charge in [-0.25, -0.2) is 8.78 Å². The molecule has 0 amide bonds. The van der Waals surface area contributed by atoms with Crippen LogP contribution >= 0.6 is 0 Å². The average molecular weight is 227 g/mol. The second kappa shape index (κ2) is 6.59. The lowest BCUT2D eigenvalue weighted by atomic mass is 9.98. The molecule has 1 nitrogen and oxygen atoms in total. The Kier molecular flexibility index (Phi) is 5.39. The Morgan fingerprint density at radius 2 is 2.00 bits per heavy atom. The van der Waals surface area contributed by atoms with E-state index in [2.05, 4.69) is 12.2 Å². The molecule has 0 fully saturated rings. The van der Waals surface area contributed by atoms with E-state index in [1.54, 1.807) is 0 Å². The number of nitrogens with one attached hydrogen (secondary N) is 1. The number of hydrogen-bond acceptors (Lipinski definition) is 1. The summed E-state index contributed by atoms with van der Waals surface area (Å²) in [5, 5.41) is 3.09. The maximum absolute atomic E-state index is 13.3. The van der Waals surface area contributed by atoms with Crippen LogP contribution in [-0.2, 0) is 6.42 Å². The highest BCUT2D eigenvalue weighted by Gasteiger charge is 2.06. The van der Waals surface area contributed by atoms with E-state index < -0.39 is 11.6 Å². The van der Waals surface area contributed by atoms with Crippen molar-refractivity contribution in [1.82, 2.24) is 5.32 Å². The van der Waals surface area contributed by atoms with Crippen molar-refractivity contribution in [1.29, 1.82) is 0 Å². The summed E-state index contributed by atoms with van der Waals surface area (Å²) < 4.78 is 26.0. The number of hydrogen-bond donors (Lipinski definition) is 1. The highest BCUT2D eigenvalue weighted by atomic mass is 19.1. The fraction of sp³-hybridized carbons (Fsp3) is 0.538. The predicted octanol–water partition coefficient (Wildman–Crippen LogP) is 3.14. The van der Waals surface area contributed by atoms with Gasteiger partial charge in [-0.2, -0.15) is 0 Å². The summed E-state index contributed by atoms with van der Waals surface area (Å²) in [4.78, 5) is 0. The molecule has 0 aromatic heterocycles. The van der Waals surface area contributed by atoms with Crippen molar-refractivity contribution in [2.24, 2.45) is 5.92 Å². The molecule has 0 radical (unpaired) electrons.